The fraction of sp³-hybridized carbons (Fsp3) is 0.625. The maximum absolute atomic E-state index is 8.65. The Morgan fingerprint density at radius 2 is 1.91 bits per heavy atom. The topological polar surface area (TPSA) is 48.9 Å². The quantitative estimate of drug-likeness (QED) is 0.648. The van der Waals surface area contributed by atoms with Crippen LogP contribution < -0.4 is 0 Å². The summed E-state index contributed by atoms with van der Waals surface area (Å²) in [6.07, 6.45) is 0. The largest absolute Gasteiger partial charge is 0.390 e. The lowest BCUT2D eigenvalue weighted by Crippen LogP contribution is -1.84. The van der Waals surface area contributed by atoms with E-state index >= 15 is 0 Å². The Morgan fingerprint density at radius 1 is 1.36 bits per heavy atom. The van der Waals surface area contributed by atoms with Gasteiger partial charge in [0.15, 0.2) is 0 Å². The zero-order chi connectivity index (χ0) is 8.85. The fourth-order valence-electron chi connectivity index (χ4n) is 0.689. The second kappa shape index (κ2) is 4.91. The summed E-state index contributed by atoms with van der Waals surface area (Å²) in [5.41, 5.74) is 2.82. The molecule has 1 aromatic heterocycles. The van der Waals surface area contributed by atoms with E-state index in [0.717, 1.165) is 17.0 Å². The van der Waals surface area contributed by atoms with E-state index in [9.17, 15) is 0 Å². The van der Waals surface area contributed by atoms with Crippen LogP contribution in [0.2, 0.25) is 0 Å². The van der Waals surface area contributed by atoms with Gasteiger partial charge in [0.1, 0.15) is 0 Å². The van der Waals surface area contributed by atoms with Crippen molar-refractivity contribution < 1.29 is 5.11 Å². The molecule has 0 bridgehead atoms. The van der Waals surface area contributed by atoms with Gasteiger partial charge in [0.25, 0.3) is 0 Å². The molecule has 0 spiro atoms. The number of aromatic amines is 1. The summed E-state index contributed by atoms with van der Waals surface area (Å²) in [7, 11) is 0. The predicted octanol–water partition coefficient (Wildman–Crippen LogP) is 1.55. The van der Waals surface area contributed by atoms with Gasteiger partial charge in [0.05, 0.1) is 12.3 Å². The van der Waals surface area contributed by atoms with Gasteiger partial charge in [-0.25, -0.2) is 0 Å². The number of hydrogen-bond donors (Lipinski definition) is 2. The summed E-state index contributed by atoms with van der Waals surface area (Å²) in [5.74, 6) is 0. The van der Waals surface area contributed by atoms with Crippen molar-refractivity contribution in [1.82, 2.24) is 10.2 Å². The van der Waals surface area contributed by atoms with E-state index in [2.05, 4.69) is 10.2 Å². The van der Waals surface area contributed by atoms with Crippen molar-refractivity contribution in [1.29, 1.82) is 0 Å². The molecule has 3 nitrogen and oxygen atoms in total. The SMILES string of the molecule is CC.Cc1[nH]nc(CO)c1C. The summed E-state index contributed by atoms with van der Waals surface area (Å²) in [4.78, 5) is 0. The minimum absolute atomic E-state index is 0.0240. The van der Waals surface area contributed by atoms with Crippen molar-refractivity contribution in [3.63, 3.8) is 0 Å². The lowest BCUT2D eigenvalue weighted by Gasteiger charge is -1.88. The summed E-state index contributed by atoms with van der Waals surface area (Å²) < 4.78 is 0. The molecule has 0 saturated heterocycles. The highest BCUT2D eigenvalue weighted by Crippen LogP contribution is 2.06. The van der Waals surface area contributed by atoms with Crippen LogP contribution in [0.1, 0.15) is 30.8 Å². The lowest BCUT2D eigenvalue weighted by molar-refractivity contribution is 0.276. The Hall–Kier alpha value is -0.830. The van der Waals surface area contributed by atoms with Crippen molar-refractivity contribution in [3.05, 3.63) is 17.0 Å². The summed E-state index contributed by atoms with van der Waals surface area (Å²) >= 11 is 0. The van der Waals surface area contributed by atoms with Crippen LogP contribution in [-0.2, 0) is 6.61 Å². The van der Waals surface area contributed by atoms with E-state index in [0.29, 0.717) is 0 Å². The van der Waals surface area contributed by atoms with E-state index in [1.54, 1.807) is 0 Å². The van der Waals surface area contributed by atoms with Crippen LogP contribution in [-0.4, -0.2) is 15.3 Å². The van der Waals surface area contributed by atoms with Crippen LogP contribution in [0.5, 0.6) is 0 Å². The van der Waals surface area contributed by atoms with Crippen LogP contribution >= 0.6 is 0 Å². The molecule has 64 valence electrons. The average Bonchev–Trinajstić information content (AvgIpc) is 2.37. The number of rotatable bonds is 1. The molecular weight excluding hydrogens is 140 g/mol. The first kappa shape index (κ1) is 10.2. The number of hydrogen-bond acceptors (Lipinski definition) is 2. The van der Waals surface area contributed by atoms with Gasteiger partial charge in [-0.15, -0.1) is 0 Å². The first-order valence-electron chi connectivity index (χ1n) is 3.87. The molecule has 1 heterocycles. The highest BCUT2D eigenvalue weighted by molar-refractivity contribution is 5.21. The van der Waals surface area contributed by atoms with E-state index in [1.807, 2.05) is 27.7 Å². The summed E-state index contributed by atoms with van der Waals surface area (Å²) in [6.45, 7) is 7.89. The van der Waals surface area contributed by atoms with Gasteiger partial charge in [-0.05, 0) is 19.4 Å². The molecule has 0 saturated carbocycles. The minimum Gasteiger partial charge on any atom is -0.390 e. The second-order valence-corrected chi connectivity index (χ2v) is 2.08. The van der Waals surface area contributed by atoms with E-state index in [1.165, 1.54) is 0 Å². The zero-order valence-electron chi connectivity index (χ0n) is 7.60. The molecule has 1 rings (SSSR count). The molecule has 0 aliphatic rings. The van der Waals surface area contributed by atoms with E-state index in [-0.39, 0.29) is 6.61 Å². The molecule has 0 atom stereocenters. The molecule has 11 heavy (non-hydrogen) atoms. The van der Waals surface area contributed by atoms with Gasteiger partial charge in [-0.3, -0.25) is 5.10 Å². The van der Waals surface area contributed by atoms with Crippen molar-refractivity contribution >= 4 is 0 Å². The van der Waals surface area contributed by atoms with Crippen molar-refractivity contribution in [2.24, 2.45) is 0 Å². The molecular formula is C8H16N2O. The Bertz CT molecular complexity index is 206. The predicted molar refractivity (Wildman–Crippen MR) is 45.3 cm³/mol. The molecule has 0 unspecified atom stereocenters. The number of aromatic nitrogens is 2. The Balaban J connectivity index is 0.000000461. The van der Waals surface area contributed by atoms with E-state index < -0.39 is 0 Å². The summed E-state index contributed by atoms with van der Waals surface area (Å²) in [6, 6.07) is 0. The highest BCUT2D eigenvalue weighted by Gasteiger charge is 2.01. The van der Waals surface area contributed by atoms with Gasteiger partial charge < -0.3 is 5.11 Å². The Morgan fingerprint density at radius 3 is 2.09 bits per heavy atom. The monoisotopic (exact) mass is 156 g/mol. The molecule has 0 aromatic carbocycles. The maximum atomic E-state index is 8.65. The molecule has 1 aromatic rings. The third-order valence-corrected chi connectivity index (χ3v) is 1.50. The maximum Gasteiger partial charge on any atom is 0.0908 e. The molecule has 0 aliphatic heterocycles. The van der Waals surface area contributed by atoms with Crippen molar-refractivity contribution in [2.75, 3.05) is 0 Å². The highest BCUT2D eigenvalue weighted by atomic mass is 16.3. The third kappa shape index (κ3) is 2.35. The smallest absolute Gasteiger partial charge is 0.0908 e. The van der Waals surface area contributed by atoms with Crippen LogP contribution in [0.25, 0.3) is 0 Å². The third-order valence-electron chi connectivity index (χ3n) is 1.50. The molecule has 3 heteroatoms. The van der Waals surface area contributed by atoms with Crippen LogP contribution in [0.4, 0.5) is 0 Å². The first-order valence-corrected chi connectivity index (χ1v) is 3.87. The summed E-state index contributed by atoms with van der Waals surface area (Å²) in [5, 5.41) is 15.3. The first-order chi connectivity index (χ1) is 5.25. The normalized spacial score (nSPS) is 8.82. The van der Waals surface area contributed by atoms with Crippen LogP contribution in [0.3, 0.4) is 0 Å². The standard InChI is InChI=1S/C6H10N2O.C2H6/c1-4-5(2)7-8-6(4)3-9;1-2/h9H,3H2,1-2H3,(H,7,8);1-2H3. The number of aryl methyl sites for hydroxylation is 1. The average molecular weight is 156 g/mol. The molecule has 0 fully saturated rings. The van der Waals surface area contributed by atoms with E-state index in [4.69, 9.17) is 5.11 Å². The molecule has 0 amide bonds. The van der Waals surface area contributed by atoms with Crippen LogP contribution in [0, 0.1) is 13.8 Å². The second-order valence-electron chi connectivity index (χ2n) is 2.08. The molecule has 0 radical (unpaired) electrons. The number of aliphatic hydroxyl groups excluding tert-OH is 1. The lowest BCUT2D eigenvalue weighted by atomic mass is 10.2. The van der Waals surface area contributed by atoms with Gasteiger partial charge >= 0.3 is 0 Å². The van der Waals surface area contributed by atoms with Gasteiger partial charge in [-0.2, -0.15) is 5.10 Å². The number of H-pyrrole nitrogens is 1. The van der Waals surface area contributed by atoms with Crippen molar-refractivity contribution in [3.8, 4) is 0 Å². The molecule has 0 aliphatic carbocycles. The Kier molecular flexibility index (Phi) is 4.54. The number of aliphatic hydroxyl groups is 1. The van der Waals surface area contributed by atoms with Gasteiger partial charge in [-0.1, -0.05) is 13.8 Å². The number of nitrogens with one attached hydrogen (secondary N) is 1. The van der Waals surface area contributed by atoms with Crippen molar-refractivity contribution in [2.45, 2.75) is 34.3 Å². The Labute approximate surface area is 67.5 Å². The minimum atomic E-state index is 0.0240. The molecule has 2 N–H and O–H groups in total. The fourth-order valence-corrected chi connectivity index (χ4v) is 0.689. The van der Waals surface area contributed by atoms with Gasteiger partial charge in [0, 0.05) is 5.69 Å². The number of nitrogens with zero attached hydrogens (tertiary/aromatic N) is 1. The van der Waals surface area contributed by atoms with Crippen LogP contribution in [0.15, 0.2) is 0 Å². The zero-order valence-corrected chi connectivity index (χ0v) is 7.60. The van der Waals surface area contributed by atoms with Gasteiger partial charge in [0.2, 0.25) is 0 Å².